The number of likely N-dealkylation sites (N-methyl/N-ethyl adjacent to an activating group) is 1. The van der Waals surface area contributed by atoms with Crippen molar-refractivity contribution >= 4 is 73.4 Å². The van der Waals surface area contributed by atoms with Crippen LogP contribution in [0.2, 0.25) is 0 Å². The van der Waals surface area contributed by atoms with Crippen molar-refractivity contribution in [2.45, 2.75) is 0 Å². The third-order valence-electron chi connectivity index (χ3n) is 2.86. The number of benzene rings is 1. The van der Waals surface area contributed by atoms with Gasteiger partial charge >= 0.3 is 5.97 Å². The highest BCUT2D eigenvalue weighted by atomic mass is 127. The number of thioether (sulfide) groups is 1. The second-order valence-electron chi connectivity index (χ2n) is 4.47. The lowest BCUT2D eigenvalue weighted by molar-refractivity contribution is -0.139. The normalized spacial score (nSPS) is 18.1. The molecule has 1 heterocycles. The first kappa shape index (κ1) is 18.3. The Bertz CT molecular complexity index is 736. The minimum Gasteiger partial charge on any atom is -0.480 e. The van der Waals surface area contributed by atoms with Gasteiger partial charge in [-0.3, -0.25) is 14.7 Å². The molecule has 122 valence electrons. The number of nitrogens with zero attached hydrogens (tertiary/aromatic N) is 2. The van der Waals surface area contributed by atoms with Gasteiger partial charge in [0.05, 0.1) is 9.38 Å². The van der Waals surface area contributed by atoms with Crippen molar-refractivity contribution < 1.29 is 19.4 Å². The van der Waals surface area contributed by atoms with Gasteiger partial charge in [0.1, 0.15) is 5.75 Å². The van der Waals surface area contributed by atoms with Crippen molar-refractivity contribution in [3.63, 3.8) is 0 Å². The fraction of sp³-hybridized carbons (Fsp3) is 0.214. The fourth-order valence-corrected chi connectivity index (χ4v) is 4.45. The van der Waals surface area contributed by atoms with E-state index in [9.17, 15) is 9.59 Å². The van der Waals surface area contributed by atoms with Crippen LogP contribution >= 0.6 is 50.3 Å². The molecule has 0 radical (unpaired) electrons. The second kappa shape index (κ2) is 7.67. The molecule has 0 unspecified atom stereocenters. The maximum Gasteiger partial charge on any atom is 0.341 e. The molecule has 1 aromatic rings. The van der Waals surface area contributed by atoms with Gasteiger partial charge in [-0.25, -0.2) is 4.79 Å². The van der Waals surface area contributed by atoms with Gasteiger partial charge in [0.2, 0.25) is 0 Å². The molecule has 0 aliphatic carbocycles. The van der Waals surface area contributed by atoms with Crippen LogP contribution in [-0.4, -0.2) is 47.8 Å². The van der Waals surface area contributed by atoms with E-state index in [1.165, 1.54) is 16.7 Å². The molecule has 1 fully saturated rings. The summed E-state index contributed by atoms with van der Waals surface area (Å²) in [6.07, 6.45) is 1.69. The Morgan fingerprint density at radius 3 is 2.83 bits per heavy atom. The maximum absolute atomic E-state index is 12.2. The van der Waals surface area contributed by atoms with Gasteiger partial charge in [0, 0.05) is 23.2 Å². The predicted molar refractivity (Wildman–Crippen MR) is 102 cm³/mol. The predicted octanol–water partition coefficient (Wildman–Crippen LogP) is 3.05. The minimum atomic E-state index is -1.07. The molecule has 1 saturated heterocycles. The monoisotopic (exact) mass is 510 g/mol. The summed E-state index contributed by atoms with van der Waals surface area (Å²) in [6.45, 7) is -0.460. The zero-order chi connectivity index (χ0) is 17.1. The number of carboxylic acid groups (broad SMARTS) is 1. The van der Waals surface area contributed by atoms with Crippen LogP contribution < -0.4 is 4.74 Å². The molecule has 0 bridgehead atoms. The first-order valence-corrected chi connectivity index (χ1v) is 9.00. The van der Waals surface area contributed by atoms with E-state index in [1.54, 1.807) is 20.2 Å². The number of hydrogen-bond acceptors (Lipinski definition) is 5. The summed E-state index contributed by atoms with van der Waals surface area (Å²) in [7, 11) is 3.28. The standard InChI is InChI=1S/C14H12BrIN2O4S/c1-17-14-18(2)13(21)10(23-14)4-7-3-8(16)5-9(15)12(7)22-6-11(19)20/h3-5H,6H2,1-2H3,(H,19,20)/b10-4+,17-14?. The zero-order valence-corrected chi connectivity index (χ0v) is 16.7. The van der Waals surface area contributed by atoms with Gasteiger partial charge in [0.15, 0.2) is 11.8 Å². The first-order chi connectivity index (χ1) is 10.8. The zero-order valence-electron chi connectivity index (χ0n) is 12.2. The van der Waals surface area contributed by atoms with Gasteiger partial charge in [0.25, 0.3) is 5.91 Å². The summed E-state index contributed by atoms with van der Waals surface area (Å²) >= 11 is 6.78. The van der Waals surface area contributed by atoms with Crippen LogP contribution in [0.15, 0.2) is 26.5 Å². The summed E-state index contributed by atoms with van der Waals surface area (Å²) in [6, 6.07) is 3.64. The summed E-state index contributed by atoms with van der Waals surface area (Å²) < 4.78 is 6.91. The van der Waals surface area contributed by atoms with E-state index in [-0.39, 0.29) is 5.91 Å². The minimum absolute atomic E-state index is 0.158. The molecule has 9 heteroatoms. The number of aliphatic carboxylic acids is 1. The number of aliphatic imine (C=N–C) groups is 1. The Balaban J connectivity index is 2.44. The Morgan fingerprint density at radius 2 is 2.26 bits per heavy atom. The second-order valence-corrected chi connectivity index (χ2v) is 7.58. The van der Waals surface area contributed by atoms with Crippen molar-refractivity contribution in [1.82, 2.24) is 4.90 Å². The Hall–Kier alpha value is -1.07. The van der Waals surface area contributed by atoms with Gasteiger partial charge < -0.3 is 9.84 Å². The summed E-state index contributed by atoms with van der Waals surface area (Å²) in [5, 5.41) is 9.41. The Morgan fingerprint density at radius 1 is 1.57 bits per heavy atom. The van der Waals surface area contributed by atoms with E-state index in [4.69, 9.17) is 9.84 Å². The molecular weight excluding hydrogens is 499 g/mol. The van der Waals surface area contributed by atoms with Crippen LogP contribution in [0.1, 0.15) is 5.56 Å². The lowest BCUT2D eigenvalue weighted by atomic mass is 10.2. The largest absolute Gasteiger partial charge is 0.480 e. The summed E-state index contributed by atoms with van der Waals surface area (Å²) in [5.41, 5.74) is 0.631. The SMILES string of the molecule is CN=C1S/C(=C/c2cc(I)cc(Br)c2OCC(=O)O)C(=O)N1C. The first-order valence-electron chi connectivity index (χ1n) is 6.31. The van der Waals surface area contributed by atoms with Crippen molar-refractivity contribution in [2.24, 2.45) is 4.99 Å². The molecule has 1 aromatic carbocycles. The topological polar surface area (TPSA) is 79.2 Å². The number of amidine groups is 1. The number of hydrogen-bond donors (Lipinski definition) is 1. The Kier molecular flexibility index (Phi) is 6.09. The smallest absolute Gasteiger partial charge is 0.341 e. The molecule has 1 N–H and O–H groups in total. The summed E-state index contributed by atoms with van der Waals surface area (Å²) in [5.74, 6) is -0.839. The fourth-order valence-electron chi connectivity index (χ4n) is 1.86. The van der Waals surface area contributed by atoms with Crippen LogP contribution in [0.3, 0.4) is 0 Å². The molecule has 0 aromatic heterocycles. The average molecular weight is 511 g/mol. The van der Waals surface area contributed by atoms with E-state index in [0.29, 0.717) is 25.9 Å². The Labute approximate surface area is 159 Å². The van der Waals surface area contributed by atoms with Crippen molar-refractivity contribution in [1.29, 1.82) is 0 Å². The third-order valence-corrected chi connectivity index (χ3v) is 5.22. The van der Waals surface area contributed by atoms with E-state index >= 15 is 0 Å². The molecule has 1 amide bonds. The molecule has 6 nitrogen and oxygen atoms in total. The highest BCUT2D eigenvalue weighted by Crippen LogP contribution is 2.37. The van der Waals surface area contributed by atoms with Gasteiger partial charge in [-0.2, -0.15) is 0 Å². The van der Waals surface area contributed by atoms with Crippen LogP contribution in [0.4, 0.5) is 0 Å². The molecule has 0 atom stereocenters. The van der Waals surface area contributed by atoms with Gasteiger partial charge in [-0.15, -0.1) is 0 Å². The van der Waals surface area contributed by atoms with E-state index in [2.05, 4.69) is 43.5 Å². The molecule has 1 aliphatic heterocycles. The number of carboxylic acids is 1. The number of amides is 1. The molecule has 0 spiro atoms. The lowest BCUT2D eigenvalue weighted by Crippen LogP contribution is -2.23. The van der Waals surface area contributed by atoms with E-state index in [1.807, 2.05) is 12.1 Å². The van der Waals surface area contributed by atoms with Crippen molar-refractivity contribution in [3.8, 4) is 5.75 Å². The molecule has 23 heavy (non-hydrogen) atoms. The van der Waals surface area contributed by atoms with Gasteiger partial charge in [-0.05, 0) is 68.5 Å². The molecule has 1 aliphatic rings. The summed E-state index contributed by atoms with van der Waals surface area (Å²) in [4.78, 5) is 29.0. The van der Waals surface area contributed by atoms with Crippen LogP contribution in [0, 0.1) is 3.57 Å². The number of carbonyl (C=O) groups is 2. The highest BCUT2D eigenvalue weighted by Gasteiger charge is 2.30. The lowest BCUT2D eigenvalue weighted by Gasteiger charge is -2.11. The van der Waals surface area contributed by atoms with Crippen LogP contribution in [0.5, 0.6) is 5.75 Å². The van der Waals surface area contributed by atoms with Crippen LogP contribution in [0.25, 0.3) is 6.08 Å². The van der Waals surface area contributed by atoms with E-state index in [0.717, 1.165) is 3.57 Å². The molecule has 0 saturated carbocycles. The van der Waals surface area contributed by atoms with E-state index < -0.39 is 12.6 Å². The van der Waals surface area contributed by atoms with Crippen molar-refractivity contribution in [2.75, 3.05) is 20.7 Å². The maximum atomic E-state index is 12.2. The molecule has 2 rings (SSSR count). The third kappa shape index (κ3) is 4.27. The number of halogens is 2. The number of rotatable bonds is 4. The van der Waals surface area contributed by atoms with Gasteiger partial charge in [-0.1, -0.05) is 0 Å². The quantitative estimate of drug-likeness (QED) is 0.497. The number of carbonyl (C=O) groups excluding carboxylic acids is 1. The number of ether oxygens (including phenoxy) is 1. The highest BCUT2D eigenvalue weighted by molar-refractivity contribution is 14.1. The van der Waals surface area contributed by atoms with Crippen LogP contribution in [-0.2, 0) is 9.59 Å². The molecular formula is C14H12BrIN2O4S. The van der Waals surface area contributed by atoms with Crippen molar-refractivity contribution in [3.05, 3.63) is 30.6 Å². The average Bonchev–Trinajstić information content (AvgIpc) is 2.73.